The summed E-state index contributed by atoms with van der Waals surface area (Å²) in [7, 11) is 0. The number of rotatable bonds is 6. The first-order valence-corrected chi connectivity index (χ1v) is 8.35. The zero-order valence-corrected chi connectivity index (χ0v) is 13.3. The molecule has 2 rings (SSSR count). The van der Waals surface area contributed by atoms with Crippen LogP contribution in [-0.2, 0) is 4.79 Å². The van der Waals surface area contributed by atoms with Gasteiger partial charge in [0.25, 0.3) is 0 Å². The lowest BCUT2D eigenvalue weighted by molar-refractivity contribution is -0.134. The van der Waals surface area contributed by atoms with Crippen LogP contribution in [0.1, 0.15) is 19.3 Å². The summed E-state index contributed by atoms with van der Waals surface area (Å²) in [4.78, 5) is 16.6. The normalized spacial score (nSPS) is 21.9. The molecule has 6 heteroatoms. The second-order valence-corrected chi connectivity index (χ2v) is 6.44. The van der Waals surface area contributed by atoms with E-state index in [-0.39, 0.29) is 24.4 Å². The molecule has 0 radical (unpaired) electrons. The predicted octanol–water partition coefficient (Wildman–Crippen LogP) is 1.04. The van der Waals surface area contributed by atoms with Gasteiger partial charge in [-0.05, 0) is 37.2 Å². The maximum Gasteiger partial charge on any atom is 0.239 e. The van der Waals surface area contributed by atoms with Crippen molar-refractivity contribution in [2.75, 3.05) is 44.7 Å². The van der Waals surface area contributed by atoms with E-state index in [9.17, 15) is 4.79 Å². The van der Waals surface area contributed by atoms with Crippen molar-refractivity contribution in [2.24, 2.45) is 11.7 Å². The molecule has 0 aromatic carbocycles. The largest absolute Gasteiger partial charge is 0.339 e. The molecule has 1 heterocycles. The van der Waals surface area contributed by atoms with Crippen molar-refractivity contribution in [3.63, 3.8) is 0 Å². The Morgan fingerprint density at radius 3 is 2.47 bits per heavy atom. The number of carbonyl (C=O) groups excluding carboxylic acids is 1. The van der Waals surface area contributed by atoms with Crippen LogP contribution in [-0.4, -0.2) is 66.5 Å². The van der Waals surface area contributed by atoms with E-state index in [1.165, 1.54) is 19.4 Å². The molecule has 0 bridgehead atoms. The minimum atomic E-state index is -0.299. The Balaban J connectivity index is 0.00000180. The molecule has 19 heavy (non-hydrogen) atoms. The molecule has 0 unspecified atom stereocenters. The average Bonchev–Trinajstić information content (AvgIpc) is 3.20. The summed E-state index contributed by atoms with van der Waals surface area (Å²) in [5, 5.41) is 0. The lowest BCUT2D eigenvalue weighted by atomic mass is 10.2. The SMILES string of the molecule is CSCC[C@H](N)C(=O)N1CCN(CC2CC2)CC1.Cl. The average molecular weight is 308 g/mol. The van der Waals surface area contributed by atoms with Gasteiger partial charge in [0.2, 0.25) is 5.91 Å². The topological polar surface area (TPSA) is 49.6 Å². The van der Waals surface area contributed by atoms with Gasteiger partial charge in [-0.3, -0.25) is 9.69 Å². The van der Waals surface area contributed by atoms with Crippen LogP contribution in [0.5, 0.6) is 0 Å². The number of amides is 1. The number of carbonyl (C=O) groups is 1. The van der Waals surface area contributed by atoms with Gasteiger partial charge in [0, 0.05) is 32.7 Å². The Kier molecular flexibility index (Phi) is 7.50. The van der Waals surface area contributed by atoms with Gasteiger partial charge < -0.3 is 10.6 Å². The molecule has 2 N–H and O–H groups in total. The second-order valence-electron chi connectivity index (χ2n) is 5.46. The first kappa shape index (κ1) is 17.1. The first-order chi connectivity index (χ1) is 8.70. The highest BCUT2D eigenvalue weighted by molar-refractivity contribution is 7.98. The van der Waals surface area contributed by atoms with Crippen molar-refractivity contribution in [3.05, 3.63) is 0 Å². The van der Waals surface area contributed by atoms with Crippen molar-refractivity contribution < 1.29 is 4.79 Å². The molecule has 1 saturated carbocycles. The summed E-state index contributed by atoms with van der Waals surface area (Å²) in [5.41, 5.74) is 5.94. The zero-order chi connectivity index (χ0) is 13.0. The van der Waals surface area contributed by atoms with E-state index in [4.69, 9.17) is 5.73 Å². The summed E-state index contributed by atoms with van der Waals surface area (Å²) in [6.07, 6.45) is 5.65. The number of nitrogens with two attached hydrogens (primary N) is 1. The number of hydrogen-bond acceptors (Lipinski definition) is 4. The maximum absolute atomic E-state index is 12.1. The number of thioether (sulfide) groups is 1. The van der Waals surface area contributed by atoms with Gasteiger partial charge in [0.15, 0.2) is 0 Å². The van der Waals surface area contributed by atoms with Gasteiger partial charge in [-0.15, -0.1) is 12.4 Å². The van der Waals surface area contributed by atoms with Gasteiger partial charge in [-0.2, -0.15) is 11.8 Å². The minimum Gasteiger partial charge on any atom is -0.339 e. The van der Waals surface area contributed by atoms with Crippen molar-refractivity contribution in [1.82, 2.24) is 9.80 Å². The Bertz CT molecular complexity index is 281. The molecule has 0 aromatic heterocycles. The number of halogens is 1. The van der Waals surface area contributed by atoms with E-state index in [2.05, 4.69) is 4.90 Å². The lowest BCUT2D eigenvalue weighted by Crippen LogP contribution is -2.53. The third kappa shape index (κ3) is 5.50. The molecule has 0 aromatic rings. The fraction of sp³-hybridized carbons (Fsp3) is 0.923. The fourth-order valence-electron chi connectivity index (χ4n) is 2.42. The van der Waals surface area contributed by atoms with E-state index in [0.29, 0.717) is 0 Å². The maximum atomic E-state index is 12.1. The fourth-order valence-corrected chi connectivity index (χ4v) is 2.91. The highest BCUT2D eigenvalue weighted by Crippen LogP contribution is 2.29. The van der Waals surface area contributed by atoms with Crippen LogP contribution in [0.15, 0.2) is 0 Å². The molecule has 2 aliphatic rings. The van der Waals surface area contributed by atoms with Crippen LogP contribution >= 0.6 is 24.2 Å². The summed E-state index contributed by atoms with van der Waals surface area (Å²) in [5.74, 6) is 2.06. The van der Waals surface area contributed by atoms with Crippen LogP contribution in [0, 0.1) is 5.92 Å². The predicted molar refractivity (Wildman–Crippen MR) is 84.0 cm³/mol. The van der Waals surface area contributed by atoms with Crippen LogP contribution < -0.4 is 5.73 Å². The second kappa shape index (κ2) is 8.35. The summed E-state index contributed by atoms with van der Waals surface area (Å²) in [6, 6.07) is -0.299. The Labute approximate surface area is 126 Å². The quantitative estimate of drug-likeness (QED) is 0.797. The van der Waals surface area contributed by atoms with E-state index in [0.717, 1.165) is 44.3 Å². The van der Waals surface area contributed by atoms with Gasteiger partial charge >= 0.3 is 0 Å². The molecule has 1 saturated heterocycles. The molecule has 0 spiro atoms. The number of piperazine rings is 1. The third-order valence-electron chi connectivity index (χ3n) is 3.85. The molecule has 1 aliphatic carbocycles. The van der Waals surface area contributed by atoms with Crippen LogP contribution in [0.3, 0.4) is 0 Å². The molecule has 2 fully saturated rings. The number of nitrogens with zero attached hydrogens (tertiary/aromatic N) is 2. The van der Waals surface area contributed by atoms with E-state index < -0.39 is 0 Å². The van der Waals surface area contributed by atoms with Gasteiger partial charge in [0.05, 0.1) is 6.04 Å². The molecule has 4 nitrogen and oxygen atoms in total. The summed E-state index contributed by atoms with van der Waals surface area (Å²) >= 11 is 1.75. The Hall–Kier alpha value is 0.0300. The monoisotopic (exact) mass is 307 g/mol. The standard InChI is InChI=1S/C13H25N3OS.ClH/c1-18-9-4-12(14)13(17)16-7-5-15(6-8-16)10-11-2-3-11;/h11-12H,2-10,14H2,1H3;1H/t12-;/m0./s1. The Morgan fingerprint density at radius 2 is 1.95 bits per heavy atom. The first-order valence-electron chi connectivity index (χ1n) is 6.96. The lowest BCUT2D eigenvalue weighted by Gasteiger charge is -2.36. The molecule has 1 atom stereocenters. The molecular weight excluding hydrogens is 282 g/mol. The van der Waals surface area contributed by atoms with E-state index in [1.807, 2.05) is 11.2 Å². The van der Waals surface area contributed by atoms with Gasteiger partial charge in [-0.1, -0.05) is 0 Å². The minimum absolute atomic E-state index is 0. The van der Waals surface area contributed by atoms with Crippen LogP contribution in [0.25, 0.3) is 0 Å². The van der Waals surface area contributed by atoms with Crippen LogP contribution in [0.2, 0.25) is 0 Å². The van der Waals surface area contributed by atoms with Crippen molar-refractivity contribution in [3.8, 4) is 0 Å². The van der Waals surface area contributed by atoms with Crippen molar-refractivity contribution in [2.45, 2.75) is 25.3 Å². The van der Waals surface area contributed by atoms with Gasteiger partial charge in [-0.25, -0.2) is 0 Å². The van der Waals surface area contributed by atoms with E-state index in [1.54, 1.807) is 11.8 Å². The highest BCUT2D eigenvalue weighted by Gasteiger charge is 2.28. The summed E-state index contributed by atoms with van der Waals surface area (Å²) in [6.45, 7) is 5.01. The molecular formula is C13H26ClN3OS. The molecule has 112 valence electrons. The molecule has 1 aliphatic heterocycles. The highest BCUT2D eigenvalue weighted by atomic mass is 35.5. The summed E-state index contributed by atoms with van der Waals surface area (Å²) < 4.78 is 0. The smallest absolute Gasteiger partial charge is 0.239 e. The van der Waals surface area contributed by atoms with Crippen LogP contribution in [0.4, 0.5) is 0 Å². The zero-order valence-electron chi connectivity index (χ0n) is 11.7. The Morgan fingerprint density at radius 1 is 1.32 bits per heavy atom. The van der Waals surface area contributed by atoms with Crippen molar-refractivity contribution >= 4 is 30.1 Å². The third-order valence-corrected chi connectivity index (χ3v) is 4.49. The molecule has 1 amide bonds. The van der Waals surface area contributed by atoms with E-state index >= 15 is 0 Å². The van der Waals surface area contributed by atoms with Crippen molar-refractivity contribution in [1.29, 1.82) is 0 Å². The van der Waals surface area contributed by atoms with Gasteiger partial charge in [0.1, 0.15) is 0 Å². The number of hydrogen-bond donors (Lipinski definition) is 1.